The Morgan fingerprint density at radius 3 is 2.69 bits per heavy atom. The highest BCUT2D eigenvalue weighted by atomic mass is 32.1. The van der Waals surface area contributed by atoms with E-state index in [9.17, 15) is 4.79 Å². The number of carboxylic acid groups (broad SMARTS) is 1. The first-order valence-electron chi connectivity index (χ1n) is 4.10. The van der Waals surface area contributed by atoms with E-state index in [1.807, 2.05) is 26.2 Å². The minimum absolute atomic E-state index is 0.260. The highest BCUT2D eigenvalue weighted by molar-refractivity contribution is 7.14. The normalized spacial score (nSPS) is 10.5. The molecule has 1 aromatic rings. The smallest absolute Gasteiger partial charge is 0.338 e. The summed E-state index contributed by atoms with van der Waals surface area (Å²) in [6.45, 7) is 5.78. The minimum Gasteiger partial charge on any atom is -0.478 e. The fourth-order valence-corrected chi connectivity index (χ4v) is 2.16. The van der Waals surface area contributed by atoms with Gasteiger partial charge < -0.3 is 10.4 Å². The topological polar surface area (TPSA) is 49.3 Å². The second kappa shape index (κ2) is 3.79. The average Bonchev–Trinajstić information content (AvgIpc) is 2.30. The van der Waals surface area contributed by atoms with E-state index in [1.165, 1.54) is 11.3 Å². The minimum atomic E-state index is -0.859. The number of carbonyl (C=O) groups is 1. The molecule has 0 spiro atoms. The number of carboxylic acids is 1. The largest absolute Gasteiger partial charge is 0.478 e. The molecule has 3 nitrogen and oxygen atoms in total. The number of thiophene rings is 1. The summed E-state index contributed by atoms with van der Waals surface area (Å²) in [6.07, 6.45) is 0. The maximum Gasteiger partial charge on any atom is 0.338 e. The van der Waals surface area contributed by atoms with Crippen LogP contribution in [0, 0.1) is 6.92 Å². The molecule has 0 saturated carbocycles. The molecule has 0 amide bonds. The van der Waals surface area contributed by atoms with Crippen molar-refractivity contribution in [3.05, 3.63) is 16.5 Å². The molecule has 72 valence electrons. The number of hydrogen-bond acceptors (Lipinski definition) is 3. The summed E-state index contributed by atoms with van der Waals surface area (Å²) in [6, 6.07) is 0.260. The Labute approximate surface area is 81.4 Å². The highest BCUT2D eigenvalue weighted by Gasteiger charge is 2.15. The van der Waals surface area contributed by atoms with Gasteiger partial charge in [-0.1, -0.05) is 0 Å². The number of hydrogen-bond donors (Lipinski definition) is 2. The van der Waals surface area contributed by atoms with E-state index in [1.54, 1.807) is 0 Å². The van der Waals surface area contributed by atoms with Crippen LogP contribution in [0.15, 0.2) is 5.38 Å². The Morgan fingerprint density at radius 2 is 2.23 bits per heavy atom. The molecule has 0 aromatic carbocycles. The highest BCUT2D eigenvalue weighted by Crippen LogP contribution is 2.27. The third kappa shape index (κ3) is 2.21. The molecule has 1 rings (SSSR count). The van der Waals surface area contributed by atoms with Gasteiger partial charge in [-0.2, -0.15) is 0 Å². The monoisotopic (exact) mass is 199 g/mol. The zero-order valence-corrected chi connectivity index (χ0v) is 8.73. The molecule has 0 atom stereocenters. The first kappa shape index (κ1) is 10.1. The molecule has 0 aliphatic heterocycles. The lowest BCUT2D eigenvalue weighted by molar-refractivity contribution is 0.0697. The quantitative estimate of drug-likeness (QED) is 0.786. The van der Waals surface area contributed by atoms with Gasteiger partial charge >= 0.3 is 5.97 Å². The number of aryl methyl sites for hydroxylation is 1. The van der Waals surface area contributed by atoms with Crippen molar-refractivity contribution < 1.29 is 9.90 Å². The fourth-order valence-electron chi connectivity index (χ4n) is 1.08. The molecule has 1 aromatic heterocycles. The molecule has 0 aliphatic rings. The Morgan fingerprint density at radius 1 is 1.62 bits per heavy atom. The van der Waals surface area contributed by atoms with Crippen LogP contribution < -0.4 is 5.32 Å². The van der Waals surface area contributed by atoms with Gasteiger partial charge in [0.25, 0.3) is 0 Å². The summed E-state index contributed by atoms with van der Waals surface area (Å²) in [7, 11) is 0. The van der Waals surface area contributed by atoms with E-state index in [4.69, 9.17) is 5.11 Å². The molecule has 1 heterocycles. The Kier molecular flexibility index (Phi) is 2.93. The molecule has 13 heavy (non-hydrogen) atoms. The molecular weight excluding hydrogens is 186 g/mol. The van der Waals surface area contributed by atoms with Crippen LogP contribution in [0.25, 0.3) is 0 Å². The van der Waals surface area contributed by atoms with Crippen LogP contribution in [0.5, 0.6) is 0 Å². The van der Waals surface area contributed by atoms with Crippen molar-refractivity contribution in [2.24, 2.45) is 0 Å². The summed E-state index contributed by atoms with van der Waals surface area (Å²) < 4.78 is 0. The fraction of sp³-hybridized carbons (Fsp3) is 0.444. The van der Waals surface area contributed by atoms with Crippen LogP contribution >= 0.6 is 11.3 Å². The second-order valence-corrected chi connectivity index (χ2v) is 4.11. The average molecular weight is 199 g/mol. The van der Waals surface area contributed by atoms with E-state index in [-0.39, 0.29) is 6.04 Å². The lowest BCUT2D eigenvalue weighted by atomic mass is 10.2. The van der Waals surface area contributed by atoms with Crippen molar-refractivity contribution in [3.63, 3.8) is 0 Å². The predicted octanol–water partition coefficient (Wildman–Crippen LogP) is 2.58. The van der Waals surface area contributed by atoms with Gasteiger partial charge in [0.15, 0.2) is 0 Å². The van der Waals surface area contributed by atoms with Crippen molar-refractivity contribution in [3.8, 4) is 0 Å². The molecule has 2 N–H and O–H groups in total. The summed E-state index contributed by atoms with van der Waals surface area (Å²) in [5, 5.41) is 14.6. The number of aromatic carboxylic acids is 1. The summed E-state index contributed by atoms with van der Waals surface area (Å²) >= 11 is 1.44. The Hall–Kier alpha value is -1.03. The zero-order chi connectivity index (χ0) is 10.0. The summed E-state index contributed by atoms with van der Waals surface area (Å²) in [5.74, 6) is -0.859. The van der Waals surface area contributed by atoms with Crippen LogP contribution in [-0.4, -0.2) is 17.1 Å². The van der Waals surface area contributed by atoms with Crippen molar-refractivity contribution in [1.29, 1.82) is 0 Å². The van der Waals surface area contributed by atoms with Crippen molar-refractivity contribution >= 4 is 22.3 Å². The third-order valence-electron chi connectivity index (χ3n) is 1.61. The molecule has 0 bridgehead atoms. The van der Waals surface area contributed by atoms with Crippen LogP contribution in [0.2, 0.25) is 0 Å². The van der Waals surface area contributed by atoms with Gasteiger partial charge in [0.2, 0.25) is 0 Å². The van der Waals surface area contributed by atoms with Crippen LogP contribution in [-0.2, 0) is 0 Å². The molecule has 0 aliphatic carbocycles. The van der Waals surface area contributed by atoms with Crippen molar-refractivity contribution in [2.45, 2.75) is 26.8 Å². The number of rotatable bonds is 3. The third-order valence-corrected chi connectivity index (χ3v) is 2.64. The standard InChI is InChI=1S/C9H13NO2S/c1-5(2)10-8-7(9(11)12)6(3)4-13-8/h4-5,10H,1-3H3,(H,11,12). The molecule has 0 fully saturated rings. The Balaban J connectivity index is 3.00. The molecular formula is C9H13NO2S. The Bertz CT molecular complexity index is 317. The zero-order valence-electron chi connectivity index (χ0n) is 7.92. The predicted molar refractivity (Wildman–Crippen MR) is 54.8 cm³/mol. The maximum atomic E-state index is 10.9. The molecule has 0 radical (unpaired) electrons. The number of anilines is 1. The SMILES string of the molecule is Cc1csc(NC(C)C)c1C(=O)O. The van der Waals surface area contributed by atoms with Gasteiger partial charge in [0, 0.05) is 6.04 Å². The second-order valence-electron chi connectivity index (χ2n) is 3.23. The molecule has 0 saturated heterocycles. The lowest BCUT2D eigenvalue weighted by Gasteiger charge is -2.08. The molecule has 0 unspecified atom stereocenters. The van der Waals surface area contributed by atoms with Crippen LogP contribution in [0.4, 0.5) is 5.00 Å². The first-order valence-corrected chi connectivity index (χ1v) is 4.98. The lowest BCUT2D eigenvalue weighted by Crippen LogP contribution is -2.11. The summed E-state index contributed by atoms with van der Waals surface area (Å²) in [5.41, 5.74) is 1.22. The van der Waals surface area contributed by atoms with E-state index >= 15 is 0 Å². The maximum absolute atomic E-state index is 10.9. The number of nitrogens with one attached hydrogen (secondary N) is 1. The van der Waals surface area contributed by atoms with Gasteiger partial charge in [-0.3, -0.25) is 0 Å². The summed E-state index contributed by atoms with van der Waals surface area (Å²) in [4.78, 5) is 10.9. The van der Waals surface area contributed by atoms with Gasteiger partial charge in [-0.05, 0) is 31.7 Å². The first-order chi connectivity index (χ1) is 6.02. The van der Waals surface area contributed by atoms with Gasteiger partial charge in [-0.15, -0.1) is 11.3 Å². The van der Waals surface area contributed by atoms with E-state index in [0.29, 0.717) is 5.56 Å². The van der Waals surface area contributed by atoms with Gasteiger partial charge in [-0.25, -0.2) is 4.79 Å². The van der Waals surface area contributed by atoms with Crippen LogP contribution in [0.1, 0.15) is 29.8 Å². The van der Waals surface area contributed by atoms with E-state index in [0.717, 1.165) is 10.6 Å². The van der Waals surface area contributed by atoms with E-state index in [2.05, 4.69) is 5.32 Å². The molecule has 4 heteroatoms. The van der Waals surface area contributed by atoms with E-state index < -0.39 is 5.97 Å². The van der Waals surface area contributed by atoms with Crippen molar-refractivity contribution in [2.75, 3.05) is 5.32 Å². The van der Waals surface area contributed by atoms with Gasteiger partial charge in [0.1, 0.15) is 5.00 Å². The van der Waals surface area contributed by atoms with Gasteiger partial charge in [0.05, 0.1) is 5.56 Å². The van der Waals surface area contributed by atoms with Crippen molar-refractivity contribution in [1.82, 2.24) is 0 Å². The van der Waals surface area contributed by atoms with Crippen LogP contribution in [0.3, 0.4) is 0 Å².